The van der Waals surface area contributed by atoms with Gasteiger partial charge in [0.05, 0.1) is 40.9 Å². The molecule has 3 heterocycles. The van der Waals surface area contributed by atoms with E-state index < -0.39 is 57.6 Å². The van der Waals surface area contributed by atoms with E-state index in [1.165, 1.54) is 12.4 Å². The third-order valence-electron chi connectivity index (χ3n) is 7.24. The van der Waals surface area contributed by atoms with Gasteiger partial charge >= 0.3 is 6.09 Å². The Kier molecular flexibility index (Phi) is 8.22. The molecule has 2 amide bonds. The summed E-state index contributed by atoms with van der Waals surface area (Å²) in [6.07, 6.45) is 3.19. The van der Waals surface area contributed by atoms with Gasteiger partial charge in [-0.25, -0.2) is 22.4 Å². The number of anilines is 2. The third-order valence-corrected chi connectivity index (χ3v) is 7.24. The average molecular weight is 601 g/mol. The number of nitrogens with one attached hydrogen (secondary N) is 2. The zero-order valence-electron chi connectivity index (χ0n) is 24.2. The first kappa shape index (κ1) is 30.1. The Bertz CT molecular complexity index is 1580. The lowest BCUT2D eigenvalue weighted by atomic mass is 9.95. The van der Waals surface area contributed by atoms with Crippen molar-refractivity contribution >= 4 is 23.4 Å². The molecule has 0 aliphatic carbocycles. The highest BCUT2D eigenvalue weighted by atomic mass is 19.1. The van der Waals surface area contributed by atoms with Crippen LogP contribution in [0, 0.1) is 29.2 Å². The fourth-order valence-electron chi connectivity index (χ4n) is 5.53. The van der Waals surface area contributed by atoms with Gasteiger partial charge in [0.15, 0.2) is 0 Å². The number of rotatable bonds is 5. The normalized spacial score (nSPS) is 18.1. The molecule has 2 aromatic carbocycles. The van der Waals surface area contributed by atoms with Crippen molar-refractivity contribution in [1.82, 2.24) is 10.3 Å². The Morgan fingerprint density at radius 2 is 1.79 bits per heavy atom. The van der Waals surface area contributed by atoms with E-state index >= 15 is 8.78 Å². The number of halogens is 4. The van der Waals surface area contributed by atoms with Crippen LogP contribution in [0.15, 0.2) is 36.7 Å². The largest absolute Gasteiger partial charge is 0.493 e. The molecule has 3 aromatic rings. The van der Waals surface area contributed by atoms with Crippen molar-refractivity contribution in [2.24, 2.45) is 5.92 Å². The van der Waals surface area contributed by atoms with E-state index in [0.29, 0.717) is 25.2 Å². The second kappa shape index (κ2) is 11.7. The predicted octanol–water partition coefficient (Wildman–Crippen LogP) is 6.23. The van der Waals surface area contributed by atoms with Gasteiger partial charge in [-0.1, -0.05) is 6.92 Å². The van der Waals surface area contributed by atoms with Crippen LogP contribution in [-0.4, -0.2) is 48.3 Å². The summed E-state index contributed by atoms with van der Waals surface area (Å²) in [4.78, 5) is 31.8. The molecule has 5 rings (SSSR count). The monoisotopic (exact) mass is 600 g/mol. The van der Waals surface area contributed by atoms with E-state index in [4.69, 9.17) is 9.47 Å². The fourth-order valence-corrected chi connectivity index (χ4v) is 5.53. The molecule has 0 saturated carbocycles. The highest BCUT2D eigenvalue weighted by Gasteiger charge is 2.31. The van der Waals surface area contributed by atoms with Crippen molar-refractivity contribution in [2.45, 2.75) is 52.2 Å². The molecule has 0 radical (unpaired) electrons. The Labute approximate surface area is 246 Å². The molecule has 1 fully saturated rings. The van der Waals surface area contributed by atoms with Crippen molar-refractivity contribution in [3.63, 3.8) is 0 Å². The molecular weight excluding hydrogens is 568 g/mol. The molecule has 1 saturated heterocycles. The molecule has 2 aliphatic heterocycles. The van der Waals surface area contributed by atoms with Gasteiger partial charge in [0.2, 0.25) is 0 Å². The van der Waals surface area contributed by atoms with Crippen molar-refractivity contribution in [3.05, 3.63) is 71.1 Å². The number of hydrogen-bond acceptors (Lipinski definition) is 6. The average Bonchev–Trinajstić information content (AvgIpc) is 3.38. The van der Waals surface area contributed by atoms with Crippen LogP contribution in [0.1, 0.15) is 50.0 Å². The van der Waals surface area contributed by atoms with Gasteiger partial charge in [-0.15, -0.1) is 0 Å². The van der Waals surface area contributed by atoms with Gasteiger partial charge in [0.25, 0.3) is 5.91 Å². The molecule has 12 heteroatoms. The maximum atomic E-state index is 15.7. The smallest absolute Gasteiger partial charge is 0.407 e. The molecule has 0 unspecified atom stereocenters. The molecule has 43 heavy (non-hydrogen) atoms. The van der Waals surface area contributed by atoms with Crippen LogP contribution in [0.4, 0.5) is 33.7 Å². The Morgan fingerprint density at radius 1 is 1.05 bits per heavy atom. The quantitative estimate of drug-likeness (QED) is 0.338. The minimum Gasteiger partial charge on any atom is -0.493 e. The van der Waals surface area contributed by atoms with Crippen LogP contribution in [0.25, 0.3) is 11.1 Å². The number of nitrogens with zero attached hydrogens (tertiary/aromatic N) is 2. The molecule has 2 aliphatic rings. The SMILES string of the molecule is C[C@@H]1C[C@H](NC(=O)OC(C)(C)C)CN(c2ccncc2NC(=O)c2ccc(F)c(-c3c(F)cc4c(c3F)CCO4)c2F)C1. The molecule has 228 valence electrons. The van der Waals surface area contributed by atoms with Gasteiger partial charge in [0, 0.05) is 43.4 Å². The number of alkyl carbamates (subject to hydrolysis) is 1. The van der Waals surface area contributed by atoms with Gasteiger partial charge in [-0.05, 0) is 51.3 Å². The van der Waals surface area contributed by atoms with Crippen LogP contribution in [0.2, 0.25) is 0 Å². The Morgan fingerprint density at radius 3 is 2.53 bits per heavy atom. The second-order valence-electron chi connectivity index (χ2n) is 11.8. The topological polar surface area (TPSA) is 92.8 Å². The first-order valence-electron chi connectivity index (χ1n) is 13.9. The van der Waals surface area contributed by atoms with Crippen LogP contribution in [0.5, 0.6) is 5.75 Å². The first-order valence-corrected chi connectivity index (χ1v) is 13.9. The number of carbonyl (C=O) groups is 2. The van der Waals surface area contributed by atoms with E-state index in [1.807, 2.05) is 11.8 Å². The number of pyridine rings is 1. The Hall–Kier alpha value is -4.35. The van der Waals surface area contributed by atoms with Crippen molar-refractivity contribution in [1.29, 1.82) is 0 Å². The molecule has 8 nitrogen and oxygen atoms in total. The van der Waals surface area contributed by atoms with Gasteiger partial charge in [-0.3, -0.25) is 9.78 Å². The summed E-state index contributed by atoms with van der Waals surface area (Å²) in [5.74, 6) is -5.81. The van der Waals surface area contributed by atoms with E-state index in [0.717, 1.165) is 18.2 Å². The molecule has 1 aromatic heterocycles. The number of fused-ring (bicyclic) bond motifs is 1. The number of aromatic nitrogens is 1. The van der Waals surface area contributed by atoms with E-state index in [1.54, 1.807) is 26.8 Å². The standard InChI is InChI=1S/C31H32F4N4O4/c1-16-11-17(37-30(41)43-31(2,3)4)15-39(14-16)23-7-9-36-13-22(23)38-29(40)19-5-6-20(32)25(28(19)35)26-21(33)12-24-18(27(26)34)8-10-42-24/h5-7,9,12-13,16-17H,8,10-11,14-15H2,1-4H3,(H,37,41)(H,38,40)/t16-,17+/m1/s1. The highest BCUT2D eigenvalue weighted by Crippen LogP contribution is 2.39. The minimum atomic E-state index is -1.41. The molecule has 0 spiro atoms. The summed E-state index contributed by atoms with van der Waals surface area (Å²) in [5.41, 5.74) is -2.35. The highest BCUT2D eigenvalue weighted by molar-refractivity contribution is 6.06. The zero-order chi connectivity index (χ0) is 31.1. The lowest BCUT2D eigenvalue weighted by Gasteiger charge is -2.39. The van der Waals surface area contributed by atoms with Crippen molar-refractivity contribution in [2.75, 3.05) is 29.9 Å². The Balaban J connectivity index is 1.41. The first-order chi connectivity index (χ1) is 20.3. The second-order valence-corrected chi connectivity index (χ2v) is 11.8. The van der Waals surface area contributed by atoms with Crippen LogP contribution in [0.3, 0.4) is 0 Å². The number of ether oxygens (including phenoxy) is 2. The number of benzene rings is 2. The molecule has 2 atom stereocenters. The van der Waals surface area contributed by atoms with Crippen molar-refractivity contribution in [3.8, 4) is 16.9 Å². The predicted molar refractivity (Wildman–Crippen MR) is 152 cm³/mol. The number of carbonyl (C=O) groups excluding carboxylic acids is 2. The summed E-state index contributed by atoms with van der Waals surface area (Å²) < 4.78 is 71.3. The van der Waals surface area contributed by atoms with E-state index in [9.17, 15) is 18.4 Å². The molecular formula is C31H32F4N4O4. The summed E-state index contributed by atoms with van der Waals surface area (Å²) in [6, 6.07) is 4.00. The summed E-state index contributed by atoms with van der Waals surface area (Å²) >= 11 is 0. The van der Waals surface area contributed by atoms with Crippen LogP contribution in [-0.2, 0) is 11.2 Å². The van der Waals surface area contributed by atoms with Crippen molar-refractivity contribution < 1.29 is 36.6 Å². The van der Waals surface area contributed by atoms with Gasteiger partial charge in [-0.2, -0.15) is 0 Å². The van der Waals surface area contributed by atoms with E-state index in [-0.39, 0.29) is 42.0 Å². The number of piperidine rings is 1. The third kappa shape index (κ3) is 6.37. The molecule has 0 bridgehead atoms. The number of amides is 2. The molecule has 2 N–H and O–H groups in total. The lowest BCUT2D eigenvalue weighted by Crippen LogP contribution is -2.51. The van der Waals surface area contributed by atoms with Gasteiger partial charge < -0.3 is 25.0 Å². The zero-order valence-corrected chi connectivity index (χ0v) is 24.2. The summed E-state index contributed by atoms with van der Waals surface area (Å²) in [5, 5.41) is 5.50. The van der Waals surface area contributed by atoms with E-state index in [2.05, 4.69) is 15.6 Å². The lowest BCUT2D eigenvalue weighted by molar-refractivity contribution is 0.0495. The van der Waals surface area contributed by atoms with Crippen LogP contribution >= 0.6 is 0 Å². The fraction of sp³-hybridized carbons (Fsp3) is 0.387. The van der Waals surface area contributed by atoms with Crippen LogP contribution < -0.4 is 20.3 Å². The summed E-state index contributed by atoms with van der Waals surface area (Å²) in [7, 11) is 0. The number of hydrogen-bond donors (Lipinski definition) is 2. The summed E-state index contributed by atoms with van der Waals surface area (Å²) in [6.45, 7) is 8.44. The maximum Gasteiger partial charge on any atom is 0.407 e. The maximum absolute atomic E-state index is 15.7. The van der Waals surface area contributed by atoms with Gasteiger partial charge in [0.1, 0.15) is 34.6 Å². The minimum absolute atomic E-state index is 0.0141.